The van der Waals surface area contributed by atoms with Crippen LogP contribution < -0.4 is 0 Å². The molecule has 0 saturated heterocycles. The van der Waals surface area contributed by atoms with E-state index < -0.39 is 0 Å². The Morgan fingerprint density at radius 3 is 1.90 bits per heavy atom. The Morgan fingerprint density at radius 1 is 0.714 bits per heavy atom. The molecule has 1 radical (unpaired) electrons. The molecule has 0 saturated carbocycles. The number of hydrogen-bond donors (Lipinski definition) is 0. The van der Waals surface area contributed by atoms with Crippen LogP contribution in [0.1, 0.15) is 27.8 Å². The van der Waals surface area contributed by atoms with Crippen LogP contribution in [0.4, 0.5) is 0 Å². The zero-order valence-corrected chi connectivity index (χ0v) is 12.3. The van der Waals surface area contributed by atoms with E-state index in [9.17, 15) is 0 Å². The molecule has 0 fully saturated rings. The second-order valence-electron chi connectivity index (χ2n) is 5.44. The van der Waals surface area contributed by atoms with Crippen LogP contribution in [0.2, 0.25) is 0 Å². The predicted octanol–water partition coefficient (Wildman–Crippen LogP) is 4.98. The van der Waals surface area contributed by atoms with E-state index in [0.29, 0.717) is 0 Å². The van der Waals surface area contributed by atoms with E-state index >= 15 is 0 Å². The topological polar surface area (TPSA) is 0 Å². The van der Waals surface area contributed by atoms with Gasteiger partial charge < -0.3 is 0 Å². The quantitative estimate of drug-likeness (QED) is 0.628. The normalized spacial score (nSPS) is 10.5. The molecule has 0 heterocycles. The number of benzene rings is 3. The summed E-state index contributed by atoms with van der Waals surface area (Å²) in [6.45, 7) is 2.20. The van der Waals surface area contributed by atoms with Gasteiger partial charge in [0.15, 0.2) is 0 Å². The van der Waals surface area contributed by atoms with Crippen molar-refractivity contribution in [1.82, 2.24) is 0 Å². The standard InChI is InChI=1S/C21H19/c1-17-9-8-14-20(15-18-10-4-2-5-11-18)21(17)16-19-12-6-3-7-13-19/h2-13H,15-16H2,1H3. The molecule has 0 atom stereocenters. The molecule has 3 aromatic carbocycles. The van der Waals surface area contributed by atoms with Gasteiger partial charge in [-0.2, -0.15) is 0 Å². The van der Waals surface area contributed by atoms with Crippen LogP contribution in [-0.2, 0) is 12.8 Å². The molecule has 103 valence electrons. The van der Waals surface area contributed by atoms with Gasteiger partial charge in [0.05, 0.1) is 0 Å². The van der Waals surface area contributed by atoms with E-state index in [2.05, 4.69) is 79.7 Å². The lowest BCUT2D eigenvalue weighted by Crippen LogP contribution is -2.00. The molecule has 0 bridgehead atoms. The van der Waals surface area contributed by atoms with E-state index in [0.717, 1.165) is 12.8 Å². The third-order valence-electron chi connectivity index (χ3n) is 3.88. The summed E-state index contributed by atoms with van der Waals surface area (Å²) < 4.78 is 0. The minimum atomic E-state index is 0.949. The Kier molecular flexibility index (Phi) is 4.16. The van der Waals surface area contributed by atoms with Crippen LogP contribution in [0.5, 0.6) is 0 Å². The first-order valence-electron chi connectivity index (χ1n) is 7.40. The summed E-state index contributed by atoms with van der Waals surface area (Å²) in [4.78, 5) is 0. The molecular formula is C21H19. The second-order valence-corrected chi connectivity index (χ2v) is 5.44. The van der Waals surface area contributed by atoms with E-state index in [4.69, 9.17) is 0 Å². The molecule has 0 spiro atoms. The van der Waals surface area contributed by atoms with E-state index in [1.165, 1.54) is 27.8 Å². The van der Waals surface area contributed by atoms with Crippen LogP contribution in [0, 0.1) is 13.0 Å². The van der Waals surface area contributed by atoms with Gasteiger partial charge in [0.2, 0.25) is 0 Å². The first kappa shape index (κ1) is 13.6. The highest BCUT2D eigenvalue weighted by molar-refractivity contribution is 5.40. The maximum Gasteiger partial charge on any atom is -0.00167 e. The lowest BCUT2D eigenvalue weighted by Gasteiger charge is -2.13. The number of hydrogen-bond acceptors (Lipinski definition) is 0. The maximum atomic E-state index is 3.45. The van der Waals surface area contributed by atoms with Crippen molar-refractivity contribution in [2.75, 3.05) is 0 Å². The molecule has 0 N–H and O–H groups in total. The third kappa shape index (κ3) is 3.41. The van der Waals surface area contributed by atoms with Gasteiger partial charge in [-0.05, 0) is 53.6 Å². The summed E-state index contributed by atoms with van der Waals surface area (Å²) in [5.74, 6) is 0. The molecular weight excluding hydrogens is 252 g/mol. The summed E-state index contributed by atoms with van der Waals surface area (Å²) in [5.41, 5.74) is 6.77. The molecule has 3 aromatic rings. The Hall–Kier alpha value is -2.34. The first-order chi connectivity index (χ1) is 10.3. The van der Waals surface area contributed by atoms with Gasteiger partial charge in [-0.1, -0.05) is 72.8 Å². The van der Waals surface area contributed by atoms with E-state index in [-0.39, 0.29) is 0 Å². The van der Waals surface area contributed by atoms with Crippen molar-refractivity contribution in [2.45, 2.75) is 19.8 Å². The average Bonchev–Trinajstić information content (AvgIpc) is 2.53. The van der Waals surface area contributed by atoms with Crippen molar-refractivity contribution in [3.05, 3.63) is 107 Å². The Morgan fingerprint density at radius 2 is 1.29 bits per heavy atom. The molecule has 0 aliphatic rings. The van der Waals surface area contributed by atoms with Crippen molar-refractivity contribution in [3.8, 4) is 0 Å². The lowest BCUT2D eigenvalue weighted by atomic mass is 9.92. The zero-order chi connectivity index (χ0) is 14.5. The van der Waals surface area contributed by atoms with Crippen LogP contribution in [0.15, 0.2) is 72.8 Å². The van der Waals surface area contributed by atoms with Gasteiger partial charge in [-0.3, -0.25) is 0 Å². The van der Waals surface area contributed by atoms with E-state index in [1.54, 1.807) is 0 Å². The monoisotopic (exact) mass is 271 g/mol. The minimum absolute atomic E-state index is 0.949. The molecule has 0 aliphatic heterocycles. The largest absolute Gasteiger partial charge is 0.0622 e. The molecule has 0 heteroatoms. The van der Waals surface area contributed by atoms with Crippen molar-refractivity contribution < 1.29 is 0 Å². The Labute approximate surface area is 127 Å². The van der Waals surface area contributed by atoms with Crippen LogP contribution in [0.25, 0.3) is 0 Å². The zero-order valence-electron chi connectivity index (χ0n) is 12.3. The summed E-state index contributed by atoms with van der Waals surface area (Å²) in [7, 11) is 0. The highest BCUT2D eigenvalue weighted by Gasteiger charge is 2.07. The van der Waals surface area contributed by atoms with Gasteiger partial charge in [-0.15, -0.1) is 0 Å². The van der Waals surface area contributed by atoms with Gasteiger partial charge in [-0.25, -0.2) is 0 Å². The highest BCUT2D eigenvalue weighted by Crippen LogP contribution is 2.21. The number of rotatable bonds is 4. The molecule has 0 aromatic heterocycles. The van der Waals surface area contributed by atoms with Crippen molar-refractivity contribution in [1.29, 1.82) is 0 Å². The summed E-state index contributed by atoms with van der Waals surface area (Å²) >= 11 is 0. The van der Waals surface area contributed by atoms with Crippen molar-refractivity contribution >= 4 is 0 Å². The van der Waals surface area contributed by atoms with Gasteiger partial charge in [0.1, 0.15) is 0 Å². The van der Waals surface area contributed by atoms with Gasteiger partial charge in [0.25, 0.3) is 0 Å². The maximum absolute atomic E-state index is 3.45. The SMILES string of the molecule is Cc1cc[c]c(Cc2ccccc2)c1Cc1ccccc1. The van der Waals surface area contributed by atoms with Crippen LogP contribution in [0.3, 0.4) is 0 Å². The van der Waals surface area contributed by atoms with Crippen LogP contribution >= 0.6 is 0 Å². The second kappa shape index (κ2) is 6.41. The lowest BCUT2D eigenvalue weighted by molar-refractivity contribution is 1.06. The fourth-order valence-corrected chi connectivity index (χ4v) is 2.70. The van der Waals surface area contributed by atoms with Gasteiger partial charge in [0, 0.05) is 0 Å². The molecule has 21 heavy (non-hydrogen) atoms. The first-order valence-corrected chi connectivity index (χ1v) is 7.40. The molecule has 0 aliphatic carbocycles. The predicted molar refractivity (Wildman–Crippen MR) is 88.5 cm³/mol. The minimum Gasteiger partial charge on any atom is -0.0622 e. The Balaban J connectivity index is 1.92. The average molecular weight is 271 g/mol. The molecule has 3 rings (SSSR count). The number of aryl methyl sites for hydroxylation is 1. The van der Waals surface area contributed by atoms with Crippen molar-refractivity contribution in [2.24, 2.45) is 0 Å². The van der Waals surface area contributed by atoms with E-state index in [1.807, 2.05) is 6.07 Å². The highest BCUT2D eigenvalue weighted by atomic mass is 14.1. The third-order valence-corrected chi connectivity index (χ3v) is 3.88. The molecule has 0 nitrogen and oxygen atoms in total. The fraction of sp³-hybridized carbons (Fsp3) is 0.143. The van der Waals surface area contributed by atoms with Gasteiger partial charge >= 0.3 is 0 Å². The summed E-state index contributed by atoms with van der Waals surface area (Å²) in [6.07, 6.45) is 1.93. The summed E-state index contributed by atoms with van der Waals surface area (Å²) in [6, 6.07) is 28.9. The smallest absolute Gasteiger partial charge is 0.00167 e. The molecule has 0 unspecified atom stereocenters. The van der Waals surface area contributed by atoms with Crippen LogP contribution in [-0.4, -0.2) is 0 Å². The summed E-state index contributed by atoms with van der Waals surface area (Å²) in [5, 5.41) is 0. The fourth-order valence-electron chi connectivity index (χ4n) is 2.70. The van der Waals surface area contributed by atoms with Crippen molar-refractivity contribution in [3.63, 3.8) is 0 Å². The molecule has 0 amide bonds. The Bertz CT molecular complexity index is 697.